The van der Waals surface area contributed by atoms with Crippen LogP contribution in [0.15, 0.2) is 18.2 Å². The number of benzene rings is 1. The van der Waals surface area contributed by atoms with Gasteiger partial charge in [0.2, 0.25) is 0 Å². The van der Waals surface area contributed by atoms with Gasteiger partial charge < -0.3 is 14.4 Å². The average molecular weight is 207 g/mol. The van der Waals surface area contributed by atoms with Crippen LogP contribution in [0.1, 0.15) is 12.0 Å². The molecule has 0 atom stereocenters. The Morgan fingerprint density at radius 2 is 1.87 bits per heavy atom. The summed E-state index contributed by atoms with van der Waals surface area (Å²) in [6.45, 7) is 2.43. The van der Waals surface area contributed by atoms with Gasteiger partial charge in [0.1, 0.15) is 0 Å². The van der Waals surface area contributed by atoms with Crippen molar-refractivity contribution in [1.82, 2.24) is 4.90 Å². The van der Waals surface area contributed by atoms with Crippen LogP contribution in [0.2, 0.25) is 0 Å². The van der Waals surface area contributed by atoms with Gasteiger partial charge in [-0.1, -0.05) is 6.07 Å². The minimum absolute atomic E-state index is 0.748. The number of ether oxygens (including phenoxy) is 2. The summed E-state index contributed by atoms with van der Waals surface area (Å²) in [7, 11) is 4.12. The number of nitrogens with zero attached hydrogens (tertiary/aromatic N) is 1. The maximum absolute atomic E-state index is 5.63. The molecular formula is C12H17NO2. The highest BCUT2D eigenvalue weighted by molar-refractivity contribution is 5.43. The van der Waals surface area contributed by atoms with Crippen LogP contribution < -0.4 is 9.47 Å². The zero-order chi connectivity index (χ0) is 10.7. The van der Waals surface area contributed by atoms with Crippen molar-refractivity contribution >= 4 is 0 Å². The molecule has 0 fully saturated rings. The molecule has 0 spiro atoms. The Labute approximate surface area is 90.6 Å². The van der Waals surface area contributed by atoms with Crippen LogP contribution in [0.25, 0.3) is 0 Å². The molecule has 3 heteroatoms. The van der Waals surface area contributed by atoms with E-state index in [2.05, 4.69) is 31.1 Å². The SMILES string of the molecule is CN(C)Cc1ccc2c(c1)OCCCO2. The molecule has 1 aromatic carbocycles. The number of rotatable bonds is 2. The largest absolute Gasteiger partial charge is 0.490 e. The topological polar surface area (TPSA) is 21.7 Å². The summed E-state index contributed by atoms with van der Waals surface area (Å²) in [4.78, 5) is 2.14. The average Bonchev–Trinajstić information content (AvgIpc) is 2.41. The van der Waals surface area contributed by atoms with E-state index in [4.69, 9.17) is 9.47 Å². The van der Waals surface area contributed by atoms with Crippen molar-refractivity contribution in [2.24, 2.45) is 0 Å². The molecule has 1 aliphatic rings. The Morgan fingerprint density at radius 3 is 2.60 bits per heavy atom. The highest BCUT2D eigenvalue weighted by Gasteiger charge is 2.10. The molecule has 0 aromatic heterocycles. The summed E-state index contributed by atoms with van der Waals surface area (Å²) < 4.78 is 11.2. The molecule has 0 saturated heterocycles. The van der Waals surface area contributed by atoms with Gasteiger partial charge >= 0.3 is 0 Å². The quantitative estimate of drug-likeness (QED) is 0.739. The lowest BCUT2D eigenvalue weighted by atomic mass is 10.2. The van der Waals surface area contributed by atoms with E-state index in [-0.39, 0.29) is 0 Å². The lowest BCUT2D eigenvalue weighted by Crippen LogP contribution is -2.10. The van der Waals surface area contributed by atoms with Crippen molar-refractivity contribution in [3.63, 3.8) is 0 Å². The lowest BCUT2D eigenvalue weighted by molar-refractivity contribution is 0.297. The maximum atomic E-state index is 5.63. The summed E-state index contributed by atoms with van der Waals surface area (Å²) in [5.74, 6) is 1.75. The number of hydrogen-bond acceptors (Lipinski definition) is 3. The molecule has 2 rings (SSSR count). The Morgan fingerprint density at radius 1 is 1.13 bits per heavy atom. The van der Waals surface area contributed by atoms with Gasteiger partial charge in [0.05, 0.1) is 13.2 Å². The Kier molecular flexibility index (Phi) is 3.11. The van der Waals surface area contributed by atoms with E-state index in [1.165, 1.54) is 5.56 Å². The molecule has 0 bridgehead atoms. The first-order chi connectivity index (χ1) is 7.25. The summed E-state index contributed by atoms with van der Waals surface area (Å²) >= 11 is 0. The second-order valence-corrected chi connectivity index (χ2v) is 4.07. The fraction of sp³-hybridized carbons (Fsp3) is 0.500. The molecule has 0 N–H and O–H groups in total. The minimum Gasteiger partial charge on any atom is -0.490 e. The van der Waals surface area contributed by atoms with Gasteiger partial charge in [0.15, 0.2) is 11.5 Å². The van der Waals surface area contributed by atoms with E-state index in [9.17, 15) is 0 Å². The first-order valence-corrected chi connectivity index (χ1v) is 5.29. The van der Waals surface area contributed by atoms with Gasteiger partial charge in [0.25, 0.3) is 0 Å². The second-order valence-electron chi connectivity index (χ2n) is 4.07. The van der Waals surface area contributed by atoms with E-state index in [0.717, 1.165) is 37.7 Å². The van der Waals surface area contributed by atoms with Crippen LogP contribution in [-0.4, -0.2) is 32.2 Å². The lowest BCUT2D eigenvalue weighted by Gasteiger charge is -2.12. The van der Waals surface area contributed by atoms with Crippen molar-refractivity contribution in [2.45, 2.75) is 13.0 Å². The molecule has 0 aliphatic carbocycles. The van der Waals surface area contributed by atoms with Gasteiger partial charge in [-0.05, 0) is 31.8 Å². The van der Waals surface area contributed by atoms with Crippen molar-refractivity contribution in [2.75, 3.05) is 27.3 Å². The molecule has 1 aromatic rings. The fourth-order valence-electron chi connectivity index (χ4n) is 1.67. The van der Waals surface area contributed by atoms with Gasteiger partial charge in [-0.3, -0.25) is 0 Å². The molecule has 3 nitrogen and oxygen atoms in total. The highest BCUT2D eigenvalue weighted by atomic mass is 16.5. The first-order valence-electron chi connectivity index (χ1n) is 5.29. The maximum Gasteiger partial charge on any atom is 0.161 e. The molecule has 15 heavy (non-hydrogen) atoms. The molecule has 1 heterocycles. The fourth-order valence-corrected chi connectivity index (χ4v) is 1.67. The predicted molar refractivity (Wildman–Crippen MR) is 59.4 cm³/mol. The van der Waals surface area contributed by atoms with E-state index < -0.39 is 0 Å². The van der Waals surface area contributed by atoms with Crippen molar-refractivity contribution in [1.29, 1.82) is 0 Å². The Hall–Kier alpha value is -1.22. The monoisotopic (exact) mass is 207 g/mol. The third-order valence-corrected chi connectivity index (χ3v) is 2.31. The molecule has 0 radical (unpaired) electrons. The molecule has 1 aliphatic heterocycles. The molecule has 82 valence electrons. The van der Waals surface area contributed by atoms with Crippen molar-refractivity contribution in [3.05, 3.63) is 23.8 Å². The van der Waals surface area contributed by atoms with Crippen LogP contribution in [0, 0.1) is 0 Å². The Bertz CT molecular complexity index is 336. The summed E-state index contributed by atoms with van der Waals surface area (Å²) in [6, 6.07) is 6.16. The van der Waals surface area contributed by atoms with Crippen LogP contribution in [0.4, 0.5) is 0 Å². The van der Waals surface area contributed by atoms with Gasteiger partial charge in [-0.15, -0.1) is 0 Å². The van der Waals surface area contributed by atoms with E-state index in [1.54, 1.807) is 0 Å². The van der Waals surface area contributed by atoms with Crippen LogP contribution >= 0.6 is 0 Å². The Balaban J connectivity index is 2.20. The van der Waals surface area contributed by atoms with Crippen molar-refractivity contribution < 1.29 is 9.47 Å². The van der Waals surface area contributed by atoms with Crippen LogP contribution in [0.5, 0.6) is 11.5 Å². The minimum atomic E-state index is 0.748. The third kappa shape index (κ3) is 2.63. The first kappa shape index (κ1) is 10.3. The van der Waals surface area contributed by atoms with Crippen LogP contribution in [0.3, 0.4) is 0 Å². The molecule has 0 saturated carbocycles. The summed E-state index contributed by atoms with van der Waals surface area (Å²) in [5.41, 5.74) is 1.25. The van der Waals surface area contributed by atoms with E-state index in [1.807, 2.05) is 6.07 Å². The zero-order valence-electron chi connectivity index (χ0n) is 9.32. The summed E-state index contributed by atoms with van der Waals surface area (Å²) in [6.07, 6.45) is 0.956. The normalized spacial score (nSPS) is 15.1. The smallest absolute Gasteiger partial charge is 0.161 e. The van der Waals surface area contributed by atoms with Gasteiger partial charge in [0, 0.05) is 13.0 Å². The molecule has 0 amide bonds. The molecule has 0 unspecified atom stereocenters. The van der Waals surface area contributed by atoms with E-state index >= 15 is 0 Å². The highest BCUT2D eigenvalue weighted by Crippen LogP contribution is 2.30. The summed E-state index contributed by atoms with van der Waals surface area (Å²) in [5, 5.41) is 0. The zero-order valence-corrected chi connectivity index (χ0v) is 9.32. The second kappa shape index (κ2) is 4.53. The van der Waals surface area contributed by atoms with Crippen LogP contribution in [-0.2, 0) is 6.54 Å². The predicted octanol–water partition coefficient (Wildman–Crippen LogP) is 1.91. The number of hydrogen-bond donors (Lipinski definition) is 0. The van der Waals surface area contributed by atoms with E-state index in [0.29, 0.717) is 0 Å². The molecular weight excluding hydrogens is 190 g/mol. The number of fused-ring (bicyclic) bond motifs is 1. The van der Waals surface area contributed by atoms with Gasteiger partial charge in [-0.25, -0.2) is 0 Å². The standard InChI is InChI=1S/C12H17NO2/c1-13(2)9-10-4-5-11-12(8-10)15-7-3-6-14-11/h4-5,8H,3,6-7,9H2,1-2H3. The third-order valence-electron chi connectivity index (χ3n) is 2.31. The van der Waals surface area contributed by atoms with Gasteiger partial charge in [-0.2, -0.15) is 0 Å². The van der Waals surface area contributed by atoms with Crippen molar-refractivity contribution in [3.8, 4) is 11.5 Å².